The Morgan fingerprint density at radius 3 is 1.30 bits per heavy atom. The van der Waals surface area contributed by atoms with E-state index in [9.17, 15) is 5.26 Å². The van der Waals surface area contributed by atoms with E-state index in [1.807, 2.05) is 18.2 Å². The minimum Gasteiger partial charge on any atom is -0.208 e. The van der Waals surface area contributed by atoms with Crippen molar-refractivity contribution >= 4 is 0 Å². The lowest BCUT2D eigenvalue weighted by molar-refractivity contribution is 0.0779. The summed E-state index contributed by atoms with van der Waals surface area (Å²) >= 11 is 0. The number of hydrogen-bond donors (Lipinski definition) is 0. The molecule has 10 rings (SSSR count). The molecular weight excluding hydrogens is 729 g/mol. The van der Waals surface area contributed by atoms with Gasteiger partial charge >= 0.3 is 0 Å². The van der Waals surface area contributed by atoms with Crippen LogP contribution < -0.4 is 0 Å². The Kier molecular flexibility index (Phi) is 10.1. The summed E-state index contributed by atoms with van der Waals surface area (Å²) in [6.45, 7) is 9.86. The van der Waals surface area contributed by atoms with Crippen LogP contribution in [0.5, 0.6) is 0 Å². The molecule has 4 unspecified atom stereocenters. The fraction of sp³-hybridized carbons (Fsp3) is 0.393. The van der Waals surface area contributed by atoms with E-state index in [0.29, 0.717) is 23.0 Å². The molecule has 8 atom stereocenters. The number of nitrogens with zero attached hydrogens (tertiary/aromatic N) is 4. The van der Waals surface area contributed by atoms with Crippen molar-refractivity contribution in [3.05, 3.63) is 138 Å². The van der Waals surface area contributed by atoms with E-state index < -0.39 is 0 Å². The minimum absolute atomic E-state index is 0.262. The van der Waals surface area contributed by atoms with Gasteiger partial charge in [0.15, 0.2) is 17.5 Å². The largest absolute Gasteiger partial charge is 0.208 e. The van der Waals surface area contributed by atoms with Gasteiger partial charge in [-0.2, -0.15) is 5.26 Å². The third-order valence-electron chi connectivity index (χ3n) is 15.0. The predicted octanol–water partition coefficient (Wildman–Crippen LogP) is 14.3. The Labute approximate surface area is 357 Å². The zero-order chi connectivity index (χ0) is 41.0. The molecule has 0 radical (unpaired) electrons. The highest BCUT2D eigenvalue weighted by molar-refractivity contribution is 5.80. The van der Waals surface area contributed by atoms with E-state index in [-0.39, 0.29) is 10.8 Å². The van der Waals surface area contributed by atoms with Gasteiger partial charge in [-0.15, -0.1) is 0 Å². The molecule has 4 nitrogen and oxygen atoms in total. The third kappa shape index (κ3) is 7.51. The van der Waals surface area contributed by atoms with Crippen molar-refractivity contribution in [1.82, 2.24) is 15.0 Å². The fourth-order valence-electron chi connectivity index (χ4n) is 13.3. The number of fused-ring (bicyclic) bond motifs is 4. The minimum atomic E-state index is 0.262. The molecule has 4 aliphatic carbocycles. The highest BCUT2D eigenvalue weighted by Gasteiger charge is 2.46. The van der Waals surface area contributed by atoms with Gasteiger partial charge < -0.3 is 0 Å². The number of hydrogen-bond acceptors (Lipinski definition) is 4. The molecule has 1 heterocycles. The maximum atomic E-state index is 9.79. The van der Waals surface area contributed by atoms with Crippen LogP contribution in [-0.2, 0) is 10.8 Å². The molecule has 0 saturated heterocycles. The van der Waals surface area contributed by atoms with Crippen molar-refractivity contribution in [3.63, 3.8) is 0 Å². The summed E-state index contributed by atoms with van der Waals surface area (Å²) in [5.74, 6) is 6.75. The molecule has 5 aromatic carbocycles. The third-order valence-corrected chi connectivity index (χ3v) is 15.0. The molecule has 4 aliphatic rings. The number of nitriles is 1. The van der Waals surface area contributed by atoms with E-state index in [1.165, 1.54) is 75.3 Å². The van der Waals surface area contributed by atoms with E-state index in [2.05, 4.69) is 137 Å². The van der Waals surface area contributed by atoms with Gasteiger partial charge in [-0.1, -0.05) is 119 Å². The van der Waals surface area contributed by atoms with E-state index in [1.54, 1.807) is 0 Å². The molecule has 0 amide bonds. The van der Waals surface area contributed by atoms with Crippen LogP contribution in [0.1, 0.15) is 109 Å². The molecule has 0 aliphatic heterocycles. The van der Waals surface area contributed by atoms with Gasteiger partial charge in [0.05, 0.1) is 11.6 Å². The Hall–Kier alpha value is -5.40. The van der Waals surface area contributed by atoms with Crippen LogP contribution in [0, 0.1) is 46.8 Å². The Morgan fingerprint density at radius 1 is 0.417 bits per heavy atom. The van der Waals surface area contributed by atoms with Crippen molar-refractivity contribution in [1.29, 1.82) is 5.26 Å². The van der Waals surface area contributed by atoms with Gasteiger partial charge in [0.2, 0.25) is 0 Å². The standard InChI is InChI=1S/C56H58N4/c1-36-21-41-22-37(2)30-55(29-36,33-41)50-17-13-44(14-18-50)52-58-53(45-15-19-51(20-16-45)56-31-38(3)23-42(34-56)24-39(4)32-56)60-54(59-52)49-27-47(43-10-6-5-7-11-43)26-48(28-49)46-12-8-9-40(25-46)35-57/h5-20,25-28,36-39,41-42H,21-24,29-34H2,1-4H3/t36-,37+,38-,39+,41?,42?,55?,56?. The maximum Gasteiger partial charge on any atom is 0.164 e. The highest BCUT2D eigenvalue weighted by Crippen LogP contribution is 2.55. The summed E-state index contributed by atoms with van der Waals surface area (Å²) in [6.07, 6.45) is 13.2. The van der Waals surface area contributed by atoms with Crippen molar-refractivity contribution < 1.29 is 0 Å². The predicted molar refractivity (Wildman–Crippen MR) is 245 cm³/mol. The van der Waals surface area contributed by atoms with Crippen molar-refractivity contribution in [3.8, 4) is 62.5 Å². The Bertz CT molecular complexity index is 2410. The molecule has 4 fully saturated rings. The monoisotopic (exact) mass is 786 g/mol. The van der Waals surface area contributed by atoms with Gasteiger partial charge in [-0.3, -0.25) is 0 Å². The lowest BCUT2D eigenvalue weighted by Gasteiger charge is -2.50. The molecule has 1 aromatic heterocycles. The van der Waals surface area contributed by atoms with Crippen LogP contribution >= 0.6 is 0 Å². The molecular formula is C56H58N4. The summed E-state index contributed by atoms with van der Waals surface area (Å²) < 4.78 is 0. The Balaban J connectivity index is 1.09. The summed E-state index contributed by atoms with van der Waals surface area (Å²) in [4.78, 5) is 15.9. The molecule has 4 bridgehead atoms. The number of aromatic nitrogens is 3. The molecule has 0 N–H and O–H groups in total. The second-order valence-electron chi connectivity index (χ2n) is 20.2. The summed E-state index contributed by atoms with van der Waals surface area (Å²) in [7, 11) is 0. The summed E-state index contributed by atoms with van der Waals surface area (Å²) in [5, 5.41) is 9.79. The number of benzene rings is 5. The molecule has 6 aromatic rings. The van der Waals surface area contributed by atoms with Gasteiger partial charge in [0.25, 0.3) is 0 Å². The lowest BCUT2D eigenvalue weighted by atomic mass is 9.54. The SMILES string of the molecule is C[C@@H]1CC2C[C@H](C)CC(c3ccc(-c4nc(-c5ccc(C67CC(C[C@@H](C)C6)C[C@H](C)C7)cc5)nc(-c5cc(-c6ccccc6)cc(-c6cccc(C#N)c6)c5)n4)cc3)(C2)C1. The van der Waals surface area contributed by atoms with E-state index >= 15 is 0 Å². The average molecular weight is 787 g/mol. The first-order valence-corrected chi connectivity index (χ1v) is 22.8. The zero-order valence-electron chi connectivity index (χ0n) is 35.9. The van der Waals surface area contributed by atoms with Gasteiger partial charge in [0, 0.05) is 16.7 Å². The van der Waals surface area contributed by atoms with Crippen LogP contribution in [0.15, 0.2) is 121 Å². The van der Waals surface area contributed by atoms with Crippen LogP contribution in [0.3, 0.4) is 0 Å². The number of rotatable bonds is 7. The summed E-state index contributed by atoms with van der Waals surface area (Å²) in [6, 6.07) is 45.9. The second-order valence-corrected chi connectivity index (χ2v) is 20.2. The van der Waals surface area contributed by atoms with Crippen molar-refractivity contribution in [2.75, 3.05) is 0 Å². The Morgan fingerprint density at radius 2 is 0.833 bits per heavy atom. The average Bonchev–Trinajstić information content (AvgIpc) is 3.25. The molecule has 0 spiro atoms. The summed E-state index contributed by atoms with van der Waals surface area (Å²) in [5.41, 5.74) is 11.3. The van der Waals surface area contributed by atoms with Crippen molar-refractivity contribution in [2.24, 2.45) is 35.5 Å². The normalized spacial score (nSPS) is 28.4. The first-order valence-electron chi connectivity index (χ1n) is 22.8. The molecule has 4 heteroatoms. The zero-order valence-corrected chi connectivity index (χ0v) is 35.9. The fourth-order valence-corrected chi connectivity index (χ4v) is 13.3. The van der Waals surface area contributed by atoms with Crippen molar-refractivity contribution in [2.45, 2.75) is 103 Å². The maximum absolute atomic E-state index is 9.79. The first kappa shape index (κ1) is 38.8. The second kappa shape index (κ2) is 15.6. The molecule has 302 valence electrons. The van der Waals surface area contributed by atoms with Crippen LogP contribution in [0.4, 0.5) is 0 Å². The van der Waals surface area contributed by atoms with Crippen LogP contribution in [-0.4, -0.2) is 15.0 Å². The molecule has 60 heavy (non-hydrogen) atoms. The van der Waals surface area contributed by atoms with Gasteiger partial charge in [-0.25, -0.2) is 15.0 Å². The van der Waals surface area contributed by atoms with Gasteiger partial charge in [-0.05, 0) is 174 Å². The van der Waals surface area contributed by atoms with Gasteiger partial charge in [0.1, 0.15) is 0 Å². The highest BCUT2D eigenvalue weighted by atomic mass is 15.0. The molecule has 4 saturated carbocycles. The lowest BCUT2D eigenvalue weighted by Crippen LogP contribution is -2.42. The van der Waals surface area contributed by atoms with E-state index in [4.69, 9.17) is 15.0 Å². The first-order chi connectivity index (χ1) is 29.1. The van der Waals surface area contributed by atoms with E-state index in [0.717, 1.165) is 74.5 Å². The van der Waals surface area contributed by atoms with Crippen LogP contribution in [0.2, 0.25) is 0 Å². The smallest absolute Gasteiger partial charge is 0.164 e. The topological polar surface area (TPSA) is 62.5 Å². The van der Waals surface area contributed by atoms with Crippen LogP contribution in [0.25, 0.3) is 56.4 Å². The quantitative estimate of drug-likeness (QED) is 0.162.